The van der Waals surface area contributed by atoms with E-state index in [1.165, 1.54) is 31.4 Å². The van der Waals surface area contributed by atoms with E-state index < -0.39 is 11.8 Å². The number of fused-ring (bicyclic) bond motifs is 1. The molecule has 30 heavy (non-hydrogen) atoms. The fourth-order valence-electron chi connectivity index (χ4n) is 4.64. The Bertz CT molecular complexity index is 1080. The lowest BCUT2D eigenvalue weighted by Crippen LogP contribution is -2.37. The number of nitrogens with zero attached hydrogens (tertiary/aromatic N) is 1. The Labute approximate surface area is 180 Å². The van der Waals surface area contributed by atoms with Crippen LogP contribution in [0.4, 0.5) is 4.39 Å². The second kappa shape index (κ2) is 8.78. The van der Waals surface area contributed by atoms with Crippen molar-refractivity contribution in [1.82, 2.24) is 9.88 Å². The number of benzene rings is 2. The molecule has 1 aliphatic carbocycles. The summed E-state index contributed by atoms with van der Waals surface area (Å²) in [5.74, 6) is -0.803. The average Bonchev–Trinajstić information content (AvgIpc) is 3.03. The molecule has 0 amide bonds. The SMILES string of the molecule is C[C@@H]1CCCC[C@@H]1NCc1c(C(=O)O)n(Cc2ccc(F)cc2Cl)c2ccccc12. The molecule has 0 aliphatic heterocycles. The first-order valence-electron chi connectivity index (χ1n) is 10.5. The van der Waals surface area contributed by atoms with Gasteiger partial charge in [-0.05, 0) is 42.5 Å². The van der Waals surface area contributed by atoms with E-state index in [0.29, 0.717) is 29.1 Å². The van der Waals surface area contributed by atoms with E-state index in [9.17, 15) is 14.3 Å². The van der Waals surface area contributed by atoms with Crippen LogP contribution in [0, 0.1) is 11.7 Å². The number of aromatic carboxylic acids is 1. The fraction of sp³-hybridized carbons (Fsp3) is 0.375. The fourth-order valence-corrected chi connectivity index (χ4v) is 4.86. The van der Waals surface area contributed by atoms with E-state index in [-0.39, 0.29) is 12.2 Å². The second-order valence-corrected chi connectivity index (χ2v) is 8.63. The number of halogens is 2. The zero-order chi connectivity index (χ0) is 21.3. The lowest BCUT2D eigenvalue weighted by Gasteiger charge is -2.29. The van der Waals surface area contributed by atoms with Gasteiger partial charge in [-0.3, -0.25) is 0 Å². The number of nitrogens with one attached hydrogen (secondary N) is 1. The second-order valence-electron chi connectivity index (χ2n) is 8.22. The molecule has 6 heteroatoms. The summed E-state index contributed by atoms with van der Waals surface area (Å²) in [7, 11) is 0. The predicted molar refractivity (Wildman–Crippen MR) is 118 cm³/mol. The van der Waals surface area contributed by atoms with Crippen LogP contribution in [0.5, 0.6) is 0 Å². The number of hydrogen-bond donors (Lipinski definition) is 2. The van der Waals surface area contributed by atoms with E-state index in [4.69, 9.17) is 11.6 Å². The van der Waals surface area contributed by atoms with E-state index in [1.807, 2.05) is 24.3 Å². The third-order valence-electron chi connectivity index (χ3n) is 6.27. The Kier molecular flexibility index (Phi) is 6.11. The molecule has 0 saturated heterocycles. The molecule has 4 rings (SSSR count). The van der Waals surface area contributed by atoms with Crippen molar-refractivity contribution in [2.24, 2.45) is 5.92 Å². The first-order valence-corrected chi connectivity index (χ1v) is 10.8. The Balaban J connectivity index is 1.74. The van der Waals surface area contributed by atoms with Gasteiger partial charge in [0.15, 0.2) is 0 Å². The molecular weight excluding hydrogens is 403 g/mol. The summed E-state index contributed by atoms with van der Waals surface area (Å²) < 4.78 is 15.2. The molecule has 2 aromatic carbocycles. The van der Waals surface area contributed by atoms with Crippen LogP contribution in [0.25, 0.3) is 10.9 Å². The minimum atomic E-state index is -0.974. The summed E-state index contributed by atoms with van der Waals surface area (Å²) in [6, 6.07) is 12.3. The maximum atomic E-state index is 13.5. The van der Waals surface area contributed by atoms with Gasteiger partial charge in [0.05, 0.1) is 0 Å². The summed E-state index contributed by atoms with van der Waals surface area (Å²) in [5.41, 5.74) is 2.56. The molecular formula is C24H26ClFN2O2. The van der Waals surface area contributed by atoms with Gasteiger partial charge in [-0.1, -0.05) is 55.6 Å². The summed E-state index contributed by atoms with van der Waals surface area (Å²) >= 11 is 6.23. The lowest BCUT2D eigenvalue weighted by molar-refractivity contribution is 0.0684. The summed E-state index contributed by atoms with van der Waals surface area (Å²) in [4.78, 5) is 12.3. The molecule has 1 saturated carbocycles. The summed E-state index contributed by atoms with van der Waals surface area (Å²) in [5, 5.41) is 14.9. The molecule has 2 N–H and O–H groups in total. The maximum Gasteiger partial charge on any atom is 0.352 e. The van der Waals surface area contributed by atoms with E-state index in [0.717, 1.165) is 22.9 Å². The molecule has 1 aromatic heterocycles. The number of aromatic nitrogens is 1. The molecule has 1 fully saturated rings. The van der Waals surface area contributed by atoms with Gasteiger partial charge >= 0.3 is 5.97 Å². The minimum absolute atomic E-state index is 0.257. The standard InChI is InChI=1S/C24H26ClFN2O2/c1-15-6-2-4-8-21(15)27-13-19-18-7-3-5-9-22(18)28(23(19)24(29)30)14-16-10-11-17(26)12-20(16)25/h3,5,7,9-12,15,21,27H,2,4,6,8,13-14H2,1H3,(H,29,30)/t15-,21+/m1/s1. The monoisotopic (exact) mass is 428 g/mol. The number of para-hydroxylation sites is 1. The van der Waals surface area contributed by atoms with Crippen LogP contribution in [0.3, 0.4) is 0 Å². The normalized spacial score (nSPS) is 19.3. The van der Waals surface area contributed by atoms with Crippen LogP contribution in [-0.2, 0) is 13.1 Å². The molecule has 1 heterocycles. The molecule has 0 unspecified atom stereocenters. The van der Waals surface area contributed by atoms with Crippen LogP contribution in [0.2, 0.25) is 5.02 Å². The molecule has 1 aliphatic rings. The van der Waals surface area contributed by atoms with Gasteiger partial charge in [-0.15, -0.1) is 0 Å². The largest absolute Gasteiger partial charge is 0.477 e. The molecule has 0 spiro atoms. The molecule has 4 nitrogen and oxygen atoms in total. The van der Waals surface area contributed by atoms with Crippen LogP contribution < -0.4 is 5.32 Å². The Morgan fingerprint density at radius 3 is 2.73 bits per heavy atom. The highest BCUT2D eigenvalue weighted by Gasteiger charge is 2.25. The highest BCUT2D eigenvalue weighted by molar-refractivity contribution is 6.31. The van der Waals surface area contributed by atoms with Crippen molar-refractivity contribution in [3.8, 4) is 0 Å². The quantitative estimate of drug-likeness (QED) is 0.517. The lowest BCUT2D eigenvalue weighted by atomic mass is 9.86. The minimum Gasteiger partial charge on any atom is -0.477 e. The van der Waals surface area contributed by atoms with Crippen LogP contribution in [-0.4, -0.2) is 21.7 Å². The van der Waals surface area contributed by atoms with Crippen molar-refractivity contribution < 1.29 is 14.3 Å². The molecule has 158 valence electrons. The summed E-state index contributed by atoms with van der Waals surface area (Å²) in [6.07, 6.45) is 4.79. The number of carboxylic acids is 1. The van der Waals surface area contributed by atoms with Crippen molar-refractivity contribution in [3.63, 3.8) is 0 Å². The van der Waals surface area contributed by atoms with E-state index >= 15 is 0 Å². The molecule has 0 radical (unpaired) electrons. The van der Waals surface area contributed by atoms with Gasteiger partial charge < -0.3 is 15.0 Å². The van der Waals surface area contributed by atoms with Crippen LogP contribution in [0.15, 0.2) is 42.5 Å². The Morgan fingerprint density at radius 2 is 2.00 bits per heavy atom. The maximum absolute atomic E-state index is 13.5. The first kappa shape index (κ1) is 20.9. The van der Waals surface area contributed by atoms with Gasteiger partial charge in [0.2, 0.25) is 0 Å². The highest BCUT2D eigenvalue weighted by Crippen LogP contribution is 2.30. The third kappa shape index (κ3) is 4.09. The Morgan fingerprint density at radius 1 is 1.23 bits per heavy atom. The van der Waals surface area contributed by atoms with E-state index in [2.05, 4.69) is 12.2 Å². The zero-order valence-corrected chi connectivity index (χ0v) is 17.8. The Hall–Kier alpha value is -2.37. The highest BCUT2D eigenvalue weighted by atomic mass is 35.5. The number of carboxylic acid groups (broad SMARTS) is 1. The van der Waals surface area contributed by atoms with Crippen molar-refractivity contribution in [3.05, 3.63) is 70.1 Å². The number of carbonyl (C=O) groups is 1. The van der Waals surface area contributed by atoms with Crippen molar-refractivity contribution in [2.75, 3.05) is 0 Å². The first-order chi connectivity index (χ1) is 14.5. The van der Waals surface area contributed by atoms with Crippen LogP contribution in [0.1, 0.15) is 54.2 Å². The zero-order valence-electron chi connectivity index (χ0n) is 17.0. The van der Waals surface area contributed by atoms with Crippen molar-refractivity contribution in [2.45, 2.75) is 51.7 Å². The van der Waals surface area contributed by atoms with Crippen molar-refractivity contribution in [1.29, 1.82) is 0 Å². The molecule has 0 bridgehead atoms. The van der Waals surface area contributed by atoms with E-state index in [1.54, 1.807) is 10.6 Å². The number of rotatable bonds is 6. The van der Waals surface area contributed by atoms with Gasteiger partial charge in [-0.25, -0.2) is 9.18 Å². The number of hydrogen-bond acceptors (Lipinski definition) is 2. The van der Waals surface area contributed by atoms with Gasteiger partial charge in [0.25, 0.3) is 0 Å². The van der Waals surface area contributed by atoms with Crippen LogP contribution >= 0.6 is 11.6 Å². The van der Waals surface area contributed by atoms with Gasteiger partial charge in [0, 0.05) is 40.6 Å². The molecule has 2 atom stereocenters. The molecule has 3 aromatic rings. The van der Waals surface area contributed by atoms with Gasteiger partial charge in [0.1, 0.15) is 11.5 Å². The third-order valence-corrected chi connectivity index (χ3v) is 6.63. The van der Waals surface area contributed by atoms with Crippen molar-refractivity contribution >= 4 is 28.5 Å². The predicted octanol–water partition coefficient (Wildman–Crippen LogP) is 5.85. The smallest absolute Gasteiger partial charge is 0.352 e. The summed E-state index contributed by atoms with van der Waals surface area (Å²) in [6.45, 7) is 3.02. The van der Waals surface area contributed by atoms with Gasteiger partial charge in [-0.2, -0.15) is 0 Å². The average molecular weight is 429 g/mol. The topological polar surface area (TPSA) is 54.3 Å².